The first-order valence-corrected chi connectivity index (χ1v) is 8.62. The van der Waals surface area contributed by atoms with Crippen LogP contribution in [0.4, 0.5) is 18.9 Å². The Bertz CT molecular complexity index is 794. The Kier molecular flexibility index (Phi) is 7.43. The van der Waals surface area contributed by atoms with Gasteiger partial charge in [-0.05, 0) is 37.6 Å². The molecule has 0 saturated heterocycles. The van der Waals surface area contributed by atoms with Crippen LogP contribution in [0.5, 0.6) is 5.75 Å². The molecule has 150 valence electrons. The number of anilines is 1. The lowest BCUT2D eigenvalue weighted by Crippen LogP contribution is -2.30. The van der Waals surface area contributed by atoms with Crippen molar-refractivity contribution >= 4 is 17.6 Å². The zero-order valence-electron chi connectivity index (χ0n) is 15.2. The summed E-state index contributed by atoms with van der Waals surface area (Å²) in [5.41, 5.74) is -1.36. The number of rotatable bonds is 8. The molecule has 2 rings (SSSR count). The number of halogens is 3. The number of hydrogen-bond donors (Lipinski definition) is 1. The molecule has 1 N–H and O–H groups in total. The molecular weight excluding hydrogens is 375 g/mol. The van der Waals surface area contributed by atoms with Crippen LogP contribution in [0.15, 0.2) is 54.6 Å². The quantitative estimate of drug-likeness (QED) is 0.530. The second-order valence-corrected chi connectivity index (χ2v) is 5.93. The van der Waals surface area contributed by atoms with Crippen LogP contribution in [0.1, 0.15) is 25.3 Å². The van der Waals surface area contributed by atoms with Crippen LogP contribution in [0.25, 0.3) is 0 Å². The molecule has 2 aromatic rings. The van der Waals surface area contributed by atoms with Gasteiger partial charge >= 0.3 is 12.1 Å². The van der Waals surface area contributed by atoms with Gasteiger partial charge in [0.1, 0.15) is 5.75 Å². The van der Waals surface area contributed by atoms with E-state index >= 15 is 0 Å². The molecule has 0 spiro atoms. The van der Waals surface area contributed by atoms with Gasteiger partial charge in [0, 0.05) is 6.42 Å². The molecule has 8 heteroatoms. The number of para-hydroxylation sites is 2. The summed E-state index contributed by atoms with van der Waals surface area (Å²) >= 11 is 0. The third-order valence-electron chi connectivity index (χ3n) is 3.70. The smallest absolute Gasteiger partial charge is 0.418 e. The summed E-state index contributed by atoms with van der Waals surface area (Å²) in [5.74, 6) is -0.805. The van der Waals surface area contributed by atoms with Crippen molar-refractivity contribution in [3.63, 3.8) is 0 Å². The number of carbonyl (C=O) groups is 2. The number of carbonyl (C=O) groups excluding carboxylic acids is 2. The minimum Gasteiger partial charge on any atom is -0.494 e. The Balaban J connectivity index is 1.78. The summed E-state index contributed by atoms with van der Waals surface area (Å²) in [6.45, 7) is 1.59. The van der Waals surface area contributed by atoms with E-state index in [0.717, 1.165) is 12.1 Å². The highest BCUT2D eigenvalue weighted by atomic mass is 19.4. The highest BCUT2D eigenvalue weighted by Crippen LogP contribution is 2.34. The molecule has 0 saturated carbocycles. The molecule has 0 aliphatic heterocycles. The van der Waals surface area contributed by atoms with Crippen LogP contribution in [-0.2, 0) is 20.5 Å². The second-order valence-electron chi connectivity index (χ2n) is 5.93. The lowest BCUT2D eigenvalue weighted by molar-refractivity contribution is -0.153. The predicted molar refractivity (Wildman–Crippen MR) is 96.8 cm³/mol. The van der Waals surface area contributed by atoms with Crippen LogP contribution < -0.4 is 10.1 Å². The summed E-state index contributed by atoms with van der Waals surface area (Å²) in [6, 6.07) is 13.6. The molecule has 0 aliphatic carbocycles. The zero-order valence-corrected chi connectivity index (χ0v) is 15.2. The van der Waals surface area contributed by atoms with E-state index in [0.29, 0.717) is 18.8 Å². The third kappa shape index (κ3) is 6.61. The topological polar surface area (TPSA) is 64.6 Å². The first kappa shape index (κ1) is 21.3. The van der Waals surface area contributed by atoms with Gasteiger partial charge in [0.2, 0.25) is 0 Å². The Labute approximate surface area is 160 Å². The van der Waals surface area contributed by atoms with E-state index in [2.05, 4.69) is 5.32 Å². The van der Waals surface area contributed by atoms with Gasteiger partial charge < -0.3 is 14.8 Å². The fourth-order valence-corrected chi connectivity index (χ4v) is 2.31. The molecule has 28 heavy (non-hydrogen) atoms. The molecule has 0 heterocycles. The van der Waals surface area contributed by atoms with Crippen LogP contribution in [-0.4, -0.2) is 24.6 Å². The number of benzene rings is 2. The minimum absolute atomic E-state index is 0.0175. The van der Waals surface area contributed by atoms with E-state index in [4.69, 9.17) is 9.47 Å². The predicted octanol–water partition coefficient (Wildman–Crippen LogP) is 4.43. The minimum atomic E-state index is -4.61. The van der Waals surface area contributed by atoms with E-state index in [9.17, 15) is 22.8 Å². The highest BCUT2D eigenvalue weighted by Gasteiger charge is 2.34. The van der Waals surface area contributed by atoms with Crippen molar-refractivity contribution in [2.45, 2.75) is 32.0 Å². The average Bonchev–Trinajstić information content (AvgIpc) is 2.65. The summed E-state index contributed by atoms with van der Waals surface area (Å²) in [4.78, 5) is 23.9. The standard InChI is InChI=1S/C20H20F3NO4/c1-14(19(26)24-17-11-6-5-10-16(17)20(21,22)23)28-18(25)12-7-13-27-15-8-3-2-4-9-15/h2-6,8-11,14H,7,12-13H2,1H3,(H,24,26)/t14-/m1/s1. The van der Waals surface area contributed by atoms with Gasteiger partial charge in [0.15, 0.2) is 6.10 Å². The summed E-state index contributed by atoms with van der Waals surface area (Å²) < 4.78 is 49.3. The maximum atomic E-state index is 13.0. The Hall–Kier alpha value is -3.03. The molecule has 0 fully saturated rings. The summed E-state index contributed by atoms with van der Waals surface area (Å²) in [5, 5.41) is 2.15. The highest BCUT2D eigenvalue weighted by molar-refractivity contribution is 5.95. The molecule has 0 bridgehead atoms. The fourth-order valence-electron chi connectivity index (χ4n) is 2.31. The van der Waals surface area contributed by atoms with Gasteiger partial charge in [-0.1, -0.05) is 30.3 Å². The first-order chi connectivity index (χ1) is 13.3. The monoisotopic (exact) mass is 395 g/mol. The molecule has 2 aromatic carbocycles. The van der Waals surface area contributed by atoms with E-state index in [-0.39, 0.29) is 12.1 Å². The van der Waals surface area contributed by atoms with Gasteiger partial charge in [-0.25, -0.2) is 0 Å². The lowest BCUT2D eigenvalue weighted by Gasteiger charge is -2.16. The molecule has 0 aliphatic rings. The first-order valence-electron chi connectivity index (χ1n) is 8.62. The molecular formula is C20H20F3NO4. The molecule has 0 aromatic heterocycles. The normalized spacial score (nSPS) is 12.1. The SMILES string of the molecule is C[C@@H](OC(=O)CCCOc1ccccc1)C(=O)Nc1ccccc1C(F)(F)F. The van der Waals surface area contributed by atoms with Crippen LogP contribution >= 0.6 is 0 Å². The Morgan fingerprint density at radius 3 is 2.36 bits per heavy atom. The number of esters is 1. The van der Waals surface area contributed by atoms with Crippen molar-refractivity contribution < 1.29 is 32.2 Å². The van der Waals surface area contributed by atoms with E-state index in [1.807, 2.05) is 18.2 Å². The van der Waals surface area contributed by atoms with E-state index in [1.54, 1.807) is 12.1 Å². The number of ether oxygens (including phenoxy) is 2. The van der Waals surface area contributed by atoms with Crippen LogP contribution in [0, 0.1) is 0 Å². The van der Waals surface area contributed by atoms with Crippen LogP contribution in [0.3, 0.4) is 0 Å². The number of amides is 1. The number of alkyl halides is 3. The van der Waals surface area contributed by atoms with Crippen molar-refractivity contribution in [3.8, 4) is 5.75 Å². The fraction of sp³-hybridized carbons (Fsp3) is 0.300. The number of hydrogen-bond acceptors (Lipinski definition) is 4. The van der Waals surface area contributed by atoms with Crippen molar-refractivity contribution in [3.05, 3.63) is 60.2 Å². The molecule has 0 radical (unpaired) electrons. The summed E-state index contributed by atoms with van der Waals surface area (Å²) in [6.07, 6.45) is -5.45. The Morgan fingerprint density at radius 2 is 1.68 bits per heavy atom. The van der Waals surface area contributed by atoms with Crippen molar-refractivity contribution in [1.82, 2.24) is 0 Å². The molecule has 1 amide bonds. The van der Waals surface area contributed by atoms with Gasteiger partial charge in [0.05, 0.1) is 17.9 Å². The second kappa shape index (κ2) is 9.77. The average molecular weight is 395 g/mol. The van der Waals surface area contributed by atoms with Gasteiger partial charge in [-0.15, -0.1) is 0 Å². The van der Waals surface area contributed by atoms with E-state index < -0.39 is 29.7 Å². The van der Waals surface area contributed by atoms with Crippen LogP contribution in [0.2, 0.25) is 0 Å². The van der Waals surface area contributed by atoms with Crippen molar-refractivity contribution in [2.75, 3.05) is 11.9 Å². The lowest BCUT2D eigenvalue weighted by atomic mass is 10.1. The van der Waals surface area contributed by atoms with Gasteiger partial charge in [0.25, 0.3) is 5.91 Å². The van der Waals surface area contributed by atoms with Gasteiger partial charge in [-0.2, -0.15) is 13.2 Å². The zero-order chi connectivity index (χ0) is 20.6. The molecule has 1 atom stereocenters. The molecule has 5 nitrogen and oxygen atoms in total. The van der Waals surface area contributed by atoms with Gasteiger partial charge in [-0.3, -0.25) is 9.59 Å². The summed E-state index contributed by atoms with van der Waals surface area (Å²) in [7, 11) is 0. The largest absolute Gasteiger partial charge is 0.494 e. The molecule has 0 unspecified atom stereocenters. The maximum Gasteiger partial charge on any atom is 0.418 e. The van der Waals surface area contributed by atoms with E-state index in [1.165, 1.54) is 19.1 Å². The Morgan fingerprint density at radius 1 is 1.04 bits per heavy atom. The maximum absolute atomic E-state index is 13.0. The number of nitrogens with one attached hydrogen (secondary N) is 1. The van der Waals surface area contributed by atoms with Crippen molar-refractivity contribution in [1.29, 1.82) is 0 Å². The van der Waals surface area contributed by atoms with Crippen molar-refractivity contribution in [2.24, 2.45) is 0 Å². The third-order valence-corrected chi connectivity index (χ3v) is 3.70.